The van der Waals surface area contributed by atoms with E-state index in [0.29, 0.717) is 6.04 Å². The topological polar surface area (TPSA) is 24.1 Å². The summed E-state index contributed by atoms with van der Waals surface area (Å²) in [6.07, 6.45) is 0. The fourth-order valence-electron chi connectivity index (χ4n) is 1.72. The van der Waals surface area contributed by atoms with Crippen LogP contribution in [-0.4, -0.2) is 19.1 Å². The fourth-order valence-corrected chi connectivity index (χ4v) is 1.72. The maximum atomic E-state index is 3.45. The van der Waals surface area contributed by atoms with Crippen LogP contribution < -0.4 is 10.6 Å². The summed E-state index contributed by atoms with van der Waals surface area (Å²) in [4.78, 5) is 0. The second-order valence-electron chi connectivity index (χ2n) is 4.72. The number of aryl methyl sites for hydroxylation is 2. The molecule has 0 saturated carbocycles. The van der Waals surface area contributed by atoms with Crippen molar-refractivity contribution in [1.82, 2.24) is 10.6 Å². The molecular weight excluding hydrogens is 196 g/mol. The molecule has 1 rings (SSSR count). The van der Waals surface area contributed by atoms with Crippen LogP contribution in [0.25, 0.3) is 0 Å². The molecule has 0 fully saturated rings. The van der Waals surface area contributed by atoms with E-state index in [1.165, 1.54) is 16.7 Å². The van der Waals surface area contributed by atoms with E-state index in [1.807, 2.05) is 0 Å². The van der Waals surface area contributed by atoms with E-state index >= 15 is 0 Å². The number of nitrogens with one attached hydrogen (secondary N) is 2. The Morgan fingerprint density at radius 1 is 1.12 bits per heavy atom. The lowest BCUT2D eigenvalue weighted by atomic mass is 10.1. The van der Waals surface area contributed by atoms with Crippen molar-refractivity contribution >= 4 is 0 Å². The highest BCUT2D eigenvalue weighted by Gasteiger charge is 1.98. The Hall–Kier alpha value is -0.860. The lowest BCUT2D eigenvalue weighted by Gasteiger charge is -2.10. The standard InChI is InChI=1S/C14H24N2/c1-11(2)16-8-7-15-10-14-6-5-12(3)9-13(14)4/h5-6,9,11,15-16H,7-8,10H2,1-4H3. The SMILES string of the molecule is Cc1ccc(CNCCNC(C)C)c(C)c1. The minimum absolute atomic E-state index is 0.572. The van der Waals surface area contributed by atoms with Crippen molar-refractivity contribution in [1.29, 1.82) is 0 Å². The highest BCUT2D eigenvalue weighted by Crippen LogP contribution is 2.09. The summed E-state index contributed by atoms with van der Waals surface area (Å²) in [6.45, 7) is 11.7. The molecule has 0 amide bonds. The van der Waals surface area contributed by atoms with E-state index in [2.05, 4.69) is 56.5 Å². The van der Waals surface area contributed by atoms with Crippen LogP contribution in [0.5, 0.6) is 0 Å². The second kappa shape index (κ2) is 6.66. The van der Waals surface area contributed by atoms with Gasteiger partial charge in [-0.1, -0.05) is 37.6 Å². The molecule has 0 radical (unpaired) electrons. The molecule has 0 atom stereocenters. The predicted molar refractivity (Wildman–Crippen MR) is 70.8 cm³/mol. The van der Waals surface area contributed by atoms with Crippen LogP contribution >= 0.6 is 0 Å². The largest absolute Gasteiger partial charge is 0.313 e. The average Bonchev–Trinajstić information content (AvgIpc) is 2.20. The van der Waals surface area contributed by atoms with Crippen LogP contribution in [0.2, 0.25) is 0 Å². The summed E-state index contributed by atoms with van der Waals surface area (Å²) in [7, 11) is 0. The summed E-state index contributed by atoms with van der Waals surface area (Å²) in [6, 6.07) is 7.20. The Balaban J connectivity index is 2.27. The Bertz CT molecular complexity index is 319. The molecule has 0 aromatic heterocycles. The van der Waals surface area contributed by atoms with Gasteiger partial charge in [0.2, 0.25) is 0 Å². The first kappa shape index (κ1) is 13.2. The maximum Gasteiger partial charge on any atom is 0.0208 e. The van der Waals surface area contributed by atoms with Crippen molar-refractivity contribution in [2.75, 3.05) is 13.1 Å². The lowest BCUT2D eigenvalue weighted by Crippen LogP contribution is -2.31. The Morgan fingerprint density at radius 2 is 1.88 bits per heavy atom. The van der Waals surface area contributed by atoms with E-state index in [1.54, 1.807) is 0 Å². The van der Waals surface area contributed by atoms with Gasteiger partial charge in [0.1, 0.15) is 0 Å². The smallest absolute Gasteiger partial charge is 0.0208 e. The molecule has 2 heteroatoms. The molecule has 0 spiro atoms. The molecule has 0 unspecified atom stereocenters. The van der Waals surface area contributed by atoms with E-state index in [-0.39, 0.29) is 0 Å². The van der Waals surface area contributed by atoms with Gasteiger partial charge in [-0.05, 0) is 25.0 Å². The van der Waals surface area contributed by atoms with E-state index < -0.39 is 0 Å². The zero-order chi connectivity index (χ0) is 12.0. The minimum atomic E-state index is 0.572. The van der Waals surface area contributed by atoms with Crippen LogP contribution in [0.1, 0.15) is 30.5 Å². The highest BCUT2D eigenvalue weighted by atomic mass is 15.0. The number of hydrogen-bond donors (Lipinski definition) is 2. The van der Waals surface area contributed by atoms with Crippen molar-refractivity contribution < 1.29 is 0 Å². The minimum Gasteiger partial charge on any atom is -0.313 e. The zero-order valence-electron chi connectivity index (χ0n) is 10.9. The van der Waals surface area contributed by atoms with Gasteiger partial charge in [-0.3, -0.25) is 0 Å². The number of rotatable bonds is 6. The van der Waals surface area contributed by atoms with Crippen molar-refractivity contribution in [2.24, 2.45) is 0 Å². The summed E-state index contributed by atoms with van der Waals surface area (Å²) in [5, 5.41) is 6.85. The highest BCUT2D eigenvalue weighted by molar-refractivity contribution is 5.30. The monoisotopic (exact) mass is 220 g/mol. The number of hydrogen-bond acceptors (Lipinski definition) is 2. The van der Waals surface area contributed by atoms with Crippen LogP contribution in [-0.2, 0) is 6.54 Å². The third-order valence-corrected chi connectivity index (χ3v) is 2.67. The molecule has 0 saturated heterocycles. The summed E-state index contributed by atoms with van der Waals surface area (Å²) >= 11 is 0. The molecular formula is C14H24N2. The molecule has 0 bridgehead atoms. The van der Waals surface area contributed by atoms with Gasteiger partial charge in [0.15, 0.2) is 0 Å². The van der Waals surface area contributed by atoms with Crippen molar-refractivity contribution in [3.05, 3.63) is 34.9 Å². The molecule has 16 heavy (non-hydrogen) atoms. The zero-order valence-corrected chi connectivity index (χ0v) is 10.9. The molecule has 2 nitrogen and oxygen atoms in total. The molecule has 2 N–H and O–H groups in total. The third-order valence-electron chi connectivity index (χ3n) is 2.67. The summed E-state index contributed by atoms with van der Waals surface area (Å²) in [5.74, 6) is 0. The molecule has 0 aliphatic rings. The van der Waals surface area contributed by atoms with Gasteiger partial charge in [-0.2, -0.15) is 0 Å². The van der Waals surface area contributed by atoms with Gasteiger partial charge in [0.25, 0.3) is 0 Å². The fraction of sp³-hybridized carbons (Fsp3) is 0.571. The van der Waals surface area contributed by atoms with Gasteiger partial charge in [0, 0.05) is 25.7 Å². The first-order chi connectivity index (χ1) is 7.59. The molecule has 90 valence electrons. The van der Waals surface area contributed by atoms with E-state index in [9.17, 15) is 0 Å². The normalized spacial score (nSPS) is 11.1. The van der Waals surface area contributed by atoms with Gasteiger partial charge in [-0.25, -0.2) is 0 Å². The second-order valence-corrected chi connectivity index (χ2v) is 4.72. The van der Waals surface area contributed by atoms with Crippen molar-refractivity contribution in [3.8, 4) is 0 Å². The molecule has 1 aromatic carbocycles. The van der Waals surface area contributed by atoms with Gasteiger partial charge < -0.3 is 10.6 Å². The van der Waals surface area contributed by atoms with Crippen molar-refractivity contribution in [3.63, 3.8) is 0 Å². The first-order valence-corrected chi connectivity index (χ1v) is 6.10. The Kier molecular flexibility index (Phi) is 5.50. The quantitative estimate of drug-likeness (QED) is 0.719. The van der Waals surface area contributed by atoms with Gasteiger partial charge in [-0.15, -0.1) is 0 Å². The summed E-state index contributed by atoms with van der Waals surface area (Å²) in [5.41, 5.74) is 4.11. The third kappa shape index (κ3) is 4.77. The molecule has 1 aromatic rings. The first-order valence-electron chi connectivity index (χ1n) is 6.10. The van der Waals surface area contributed by atoms with Gasteiger partial charge >= 0.3 is 0 Å². The van der Waals surface area contributed by atoms with Gasteiger partial charge in [0.05, 0.1) is 0 Å². The average molecular weight is 220 g/mol. The number of benzene rings is 1. The molecule has 0 aliphatic heterocycles. The Morgan fingerprint density at radius 3 is 2.50 bits per heavy atom. The van der Waals surface area contributed by atoms with E-state index in [0.717, 1.165) is 19.6 Å². The Labute approximate surface area is 99.5 Å². The van der Waals surface area contributed by atoms with Crippen LogP contribution in [0.3, 0.4) is 0 Å². The maximum absolute atomic E-state index is 3.45. The predicted octanol–water partition coefficient (Wildman–Crippen LogP) is 2.39. The van der Waals surface area contributed by atoms with Crippen LogP contribution in [0.15, 0.2) is 18.2 Å². The summed E-state index contributed by atoms with van der Waals surface area (Å²) < 4.78 is 0. The molecule has 0 heterocycles. The lowest BCUT2D eigenvalue weighted by molar-refractivity contribution is 0.555. The van der Waals surface area contributed by atoms with Crippen LogP contribution in [0, 0.1) is 13.8 Å². The molecule has 0 aliphatic carbocycles. The van der Waals surface area contributed by atoms with Crippen LogP contribution in [0.4, 0.5) is 0 Å². The van der Waals surface area contributed by atoms with E-state index in [4.69, 9.17) is 0 Å². The van der Waals surface area contributed by atoms with Crippen molar-refractivity contribution in [2.45, 2.75) is 40.3 Å².